The Morgan fingerprint density at radius 1 is 1.12 bits per heavy atom. The van der Waals surface area contributed by atoms with Crippen LogP contribution in [0.2, 0.25) is 10.0 Å². The molecule has 0 amide bonds. The van der Waals surface area contributed by atoms with Gasteiger partial charge in [-0.25, -0.2) is 4.99 Å². The number of likely N-dealkylation sites (tertiary alicyclic amines) is 1. The van der Waals surface area contributed by atoms with Gasteiger partial charge in [-0.15, -0.1) is 0 Å². The Morgan fingerprint density at radius 3 is 2.58 bits per heavy atom. The van der Waals surface area contributed by atoms with Crippen LogP contribution in [0, 0.1) is 11.3 Å². The second-order valence-corrected chi connectivity index (χ2v) is 11.0. The van der Waals surface area contributed by atoms with E-state index in [9.17, 15) is 4.79 Å². The number of fused-ring (bicyclic) bond motifs is 1. The van der Waals surface area contributed by atoms with Crippen molar-refractivity contribution in [2.75, 3.05) is 13.1 Å². The summed E-state index contributed by atoms with van der Waals surface area (Å²) in [4.78, 5) is 21.3. The van der Waals surface area contributed by atoms with Crippen LogP contribution in [0.5, 0.6) is 0 Å². The molecule has 1 saturated heterocycles. The first kappa shape index (κ1) is 22.8. The van der Waals surface area contributed by atoms with Crippen LogP contribution in [0.25, 0.3) is 0 Å². The lowest BCUT2D eigenvalue weighted by Crippen LogP contribution is -2.49. The molecule has 33 heavy (non-hydrogen) atoms. The van der Waals surface area contributed by atoms with Gasteiger partial charge in [0.15, 0.2) is 5.78 Å². The lowest BCUT2D eigenvalue weighted by atomic mass is 9.73. The average molecular weight is 501 g/mol. The van der Waals surface area contributed by atoms with Crippen LogP contribution in [-0.4, -0.2) is 29.6 Å². The second kappa shape index (κ2) is 8.66. The number of nitrogens with two attached hydrogens (primary N) is 2. The van der Waals surface area contributed by atoms with Crippen LogP contribution in [-0.2, 0) is 11.2 Å². The van der Waals surface area contributed by atoms with E-state index in [2.05, 4.69) is 29.2 Å². The van der Waals surface area contributed by atoms with E-state index in [1.165, 1.54) is 22.9 Å². The Kier molecular flexibility index (Phi) is 5.98. The Morgan fingerprint density at radius 2 is 1.85 bits per heavy atom. The molecule has 1 aliphatic carbocycles. The minimum atomic E-state index is -0.374. The summed E-state index contributed by atoms with van der Waals surface area (Å²) < 4.78 is 0. The van der Waals surface area contributed by atoms with E-state index >= 15 is 0 Å². The van der Waals surface area contributed by atoms with Gasteiger partial charge in [-0.1, -0.05) is 65.3 Å². The summed E-state index contributed by atoms with van der Waals surface area (Å²) in [6.45, 7) is 3.53. The molecule has 0 bridgehead atoms. The highest BCUT2D eigenvalue weighted by Gasteiger charge is 2.47. The van der Waals surface area contributed by atoms with Crippen molar-refractivity contribution in [3.8, 4) is 0 Å². The first-order valence-corrected chi connectivity index (χ1v) is 12.7. The highest BCUT2D eigenvalue weighted by molar-refractivity contribution is 8.04. The molecule has 5 nitrogen and oxygen atoms in total. The maximum Gasteiger partial charge on any atom is 0.183 e. The molecule has 1 unspecified atom stereocenters. The number of rotatable bonds is 2. The summed E-state index contributed by atoms with van der Waals surface area (Å²) in [5, 5.41) is 0.853. The Labute approximate surface area is 208 Å². The van der Waals surface area contributed by atoms with E-state index in [1.807, 2.05) is 13.0 Å². The molecule has 1 spiro atoms. The first-order chi connectivity index (χ1) is 15.8. The van der Waals surface area contributed by atoms with Gasteiger partial charge < -0.3 is 16.4 Å². The van der Waals surface area contributed by atoms with Gasteiger partial charge in [0.2, 0.25) is 0 Å². The number of piperidine rings is 1. The number of carbonyl (C=O) groups excluding carboxylic acids is 1. The molecule has 2 heterocycles. The number of aliphatic imine (C=N–C) groups is 1. The highest BCUT2D eigenvalue weighted by Crippen LogP contribution is 2.51. The number of hydrogen-bond donors (Lipinski definition) is 2. The lowest BCUT2D eigenvalue weighted by Gasteiger charge is -2.44. The number of benzene rings is 2. The van der Waals surface area contributed by atoms with Crippen LogP contribution in [0.3, 0.4) is 0 Å². The summed E-state index contributed by atoms with van der Waals surface area (Å²) in [6.07, 6.45) is 2.95. The maximum atomic E-state index is 13.3. The highest BCUT2D eigenvalue weighted by atomic mass is 35.5. The van der Waals surface area contributed by atoms with Crippen LogP contribution in [0.4, 0.5) is 0 Å². The number of thioether (sulfide) groups is 1. The van der Waals surface area contributed by atoms with Crippen molar-refractivity contribution >= 4 is 46.6 Å². The van der Waals surface area contributed by atoms with Crippen molar-refractivity contribution in [2.45, 2.75) is 37.1 Å². The predicted octanol–water partition coefficient (Wildman–Crippen LogP) is 5.17. The summed E-state index contributed by atoms with van der Waals surface area (Å²) in [7, 11) is 0. The van der Waals surface area contributed by atoms with Crippen molar-refractivity contribution in [1.82, 2.24) is 4.90 Å². The number of Topliss-reactive ketones (excluding diaryl/α,β-unsaturated/α-hetero) is 1. The predicted molar refractivity (Wildman–Crippen MR) is 135 cm³/mol. The zero-order valence-electron chi connectivity index (χ0n) is 18.4. The molecule has 1 fully saturated rings. The summed E-state index contributed by atoms with van der Waals surface area (Å²) >= 11 is 13.7. The zero-order valence-corrected chi connectivity index (χ0v) is 20.7. The third kappa shape index (κ3) is 3.87. The molecule has 0 aromatic heterocycles. The Hall–Kier alpha value is -1.99. The summed E-state index contributed by atoms with van der Waals surface area (Å²) in [5.74, 6) is 0.572. The summed E-state index contributed by atoms with van der Waals surface area (Å²) in [6, 6.07) is 13.9. The smallest absolute Gasteiger partial charge is 0.183 e. The lowest BCUT2D eigenvalue weighted by molar-refractivity contribution is -0.116. The number of hydrogen-bond acceptors (Lipinski definition) is 6. The van der Waals surface area contributed by atoms with Crippen molar-refractivity contribution < 1.29 is 4.79 Å². The Balaban J connectivity index is 1.35. The first-order valence-electron chi connectivity index (χ1n) is 11.1. The monoisotopic (exact) mass is 500 g/mol. The van der Waals surface area contributed by atoms with Crippen LogP contribution < -0.4 is 11.5 Å². The molecule has 4 N–H and O–H groups in total. The van der Waals surface area contributed by atoms with Crippen LogP contribution in [0.15, 0.2) is 63.1 Å². The number of carbonyl (C=O) groups is 1. The summed E-state index contributed by atoms with van der Waals surface area (Å²) in [5.41, 5.74) is 15.7. The molecule has 5 rings (SSSR count). The van der Waals surface area contributed by atoms with Crippen molar-refractivity contribution in [3.63, 3.8) is 0 Å². The molecule has 2 aromatic carbocycles. The minimum Gasteiger partial charge on any atom is -0.383 e. The van der Waals surface area contributed by atoms with E-state index in [0.717, 1.165) is 38.2 Å². The number of ketones is 1. The third-order valence-corrected chi connectivity index (χ3v) is 9.38. The molecule has 172 valence electrons. The third-order valence-electron chi connectivity index (χ3n) is 7.28. The Bertz CT molecular complexity index is 1190. The van der Waals surface area contributed by atoms with Gasteiger partial charge in [-0.3, -0.25) is 4.79 Å². The van der Waals surface area contributed by atoms with Crippen molar-refractivity contribution in [2.24, 2.45) is 27.8 Å². The van der Waals surface area contributed by atoms with Crippen molar-refractivity contribution in [3.05, 3.63) is 74.4 Å². The van der Waals surface area contributed by atoms with Gasteiger partial charge in [0, 0.05) is 24.0 Å². The van der Waals surface area contributed by atoms with Crippen LogP contribution in [0.1, 0.15) is 36.9 Å². The standard InChI is InChI=1S/C25H26Cl2N4OS/c1-14-20(32)21(33-18-8-4-7-17(26)19(18)27)23(29)30-24(14)31-11-9-25(10-12-31)13-15-5-2-3-6-16(15)22(25)28/h2-8,14,22H,9-13,28-29H2,1H3/t14-,22?/m1/s1. The topological polar surface area (TPSA) is 84.7 Å². The fraction of sp³-hybridized carbons (Fsp3) is 0.360. The molecule has 0 radical (unpaired) electrons. The quantitative estimate of drug-likeness (QED) is 0.593. The van der Waals surface area contributed by atoms with E-state index in [-0.39, 0.29) is 29.0 Å². The van der Waals surface area contributed by atoms with Gasteiger partial charge in [0.1, 0.15) is 11.7 Å². The number of amidine groups is 1. The van der Waals surface area contributed by atoms with Gasteiger partial charge in [0.25, 0.3) is 0 Å². The van der Waals surface area contributed by atoms with Crippen molar-refractivity contribution in [1.29, 1.82) is 0 Å². The molecule has 2 aromatic rings. The van der Waals surface area contributed by atoms with Gasteiger partial charge >= 0.3 is 0 Å². The van der Waals surface area contributed by atoms with Gasteiger partial charge in [0.05, 0.1) is 20.9 Å². The van der Waals surface area contributed by atoms with E-state index in [0.29, 0.717) is 19.8 Å². The number of halogens is 2. The molecule has 8 heteroatoms. The zero-order chi connectivity index (χ0) is 23.3. The largest absolute Gasteiger partial charge is 0.383 e. The molecule has 0 saturated carbocycles. The van der Waals surface area contributed by atoms with Crippen LogP contribution >= 0.6 is 35.0 Å². The number of allylic oxidation sites excluding steroid dienone is 1. The average Bonchev–Trinajstić information content (AvgIpc) is 3.08. The molecule has 3 aliphatic rings. The van der Waals surface area contributed by atoms with Gasteiger partial charge in [-0.2, -0.15) is 0 Å². The molecule has 2 atom stereocenters. The minimum absolute atomic E-state index is 0.0381. The molecule has 2 aliphatic heterocycles. The fourth-order valence-electron chi connectivity index (χ4n) is 5.32. The number of nitrogens with zero attached hydrogens (tertiary/aromatic N) is 2. The maximum absolute atomic E-state index is 13.3. The van der Waals surface area contributed by atoms with E-state index in [4.69, 9.17) is 39.7 Å². The second-order valence-electron chi connectivity index (χ2n) is 9.13. The van der Waals surface area contributed by atoms with Gasteiger partial charge in [-0.05, 0) is 54.9 Å². The normalized spacial score (nSPS) is 24.3. The fourth-order valence-corrected chi connectivity index (χ4v) is 6.78. The SMILES string of the molecule is C[C@@H]1C(=O)C(Sc2cccc(Cl)c2Cl)=C(N)N=C1N1CCC2(CC1)Cc1ccccc1C2N. The molecular weight excluding hydrogens is 475 g/mol. The van der Waals surface area contributed by atoms with E-state index < -0.39 is 0 Å². The van der Waals surface area contributed by atoms with E-state index in [1.54, 1.807) is 12.1 Å². The molecular formula is C25H26Cl2N4OS.